The molecule has 1 aliphatic heterocycles. The van der Waals surface area contributed by atoms with Crippen LogP contribution in [0.4, 0.5) is 5.13 Å². The van der Waals surface area contributed by atoms with Crippen LogP contribution in [0.3, 0.4) is 0 Å². The molecule has 1 unspecified atom stereocenters. The number of hydrogen-bond donors (Lipinski definition) is 2. The molecule has 0 aliphatic carbocycles. The van der Waals surface area contributed by atoms with Crippen LogP contribution >= 0.6 is 11.3 Å². The Morgan fingerprint density at radius 3 is 3.06 bits per heavy atom. The van der Waals surface area contributed by atoms with Gasteiger partial charge in [0.05, 0.1) is 6.61 Å². The molecule has 2 rings (SSSR count). The molecule has 2 heterocycles. The number of nitrogens with two attached hydrogens (primary N) is 1. The Morgan fingerprint density at radius 2 is 2.50 bits per heavy atom. The summed E-state index contributed by atoms with van der Waals surface area (Å²) in [5, 5.41) is 14.5. The smallest absolute Gasteiger partial charge is 0.360 e. The second-order valence-corrected chi connectivity index (χ2v) is 4.61. The number of anilines is 1. The van der Waals surface area contributed by atoms with Gasteiger partial charge in [0.15, 0.2) is 5.13 Å². The molecule has 0 aromatic carbocycles. The molecule has 8 heteroatoms. The molecule has 0 amide bonds. The second kappa shape index (κ2) is 5.78. The Kier molecular flexibility index (Phi) is 4.11. The molecule has 1 atom stereocenters. The molecular weight excluding hydrogens is 258 g/mol. The van der Waals surface area contributed by atoms with Gasteiger partial charge in [0.25, 0.3) is 0 Å². The van der Waals surface area contributed by atoms with E-state index in [2.05, 4.69) is 10.1 Å². The fourth-order valence-corrected chi connectivity index (χ4v) is 2.05. The van der Waals surface area contributed by atoms with Crippen molar-refractivity contribution in [2.24, 2.45) is 5.16 Å². The first-order valence-electron chi connectivity index (χ1n) is 5.47. The van der Waals surface area contributed by atoms with Crippen LogP contribution in [-0.2, 0) is 14.4 Å². The zero-order valence-corrected chi connectivity index (χ0v) is 10.4. The molecule has 7 nitrogen and oxygen atoms in total. The molecule has 0 bridgehead atoms. The van der Waals surface area contributed by atoms with Gasteiger partial charge in [-0.3, -0.25) is 0 Å². The monoisotopic (exact) mass is 271 g/mol. The van der Waals surface area contributed by atoms with Crippen LogP contribution in [-0.4, -0.2) is 34.7 Å². The molecule has 0 radical (unpaired) electrons. The summed E-state index contributed by atoms with van der Waals surface area (Å²) in [4.78, 5) is 20.0. The van der Waals surface area contributed by atoms with E-state index in [1.54, 1.807) is 0 Å². The van der Waals surface area contributed by atoms with Crippen LogP contribution in [0, 0.1) is 0 Å². The van der Waals surface area contributed by atoms with Crippen molar-refractivity contribution in [2.45, 2.75) is 25.6 Å². The van der Waals surface area contributed by atoms with Gasteiger partial charge in [-0.05, 0) is 12.8 Å². The van der Waals surface area contributed by atoms with Gasteiger partial charge in [-0.15, -0.1) is 11.3 Å². The average molecular weight is 271 g/mol. The van der Waals surface area contributed by atoms with E-state index in [-0.39, 0.29) is 16.5 Å². The van der Waals surface area contributed by atoms with Crippen molar-refractivity contribution in [1.29, 1.82) is 0 Å². The van der Waals surface area contributed by atoms with Gasteiger partial charge >= 0.3 is 5.97 Å². The first-order chi connectivity index (χ1) is 8.66. The number of thiazole rings is 1. The predicted octanol–water partition coefficient (Wildman–Crippen LogP) is 1.06. The van der Waals surface area contributed by atoms with Gasteiger partial charge < -0.3 is 20.4 Å². The van der Waals surface area contributed by atoms with E-state index in [1.165, 1.54) is 5.38 Å². The highest BCUT2D eigenvalue weighted by Gasteiger charge is 2.20. The van der Waals surface area contributed by atoms with Crippen molar-refractivity contribution in [3.8, 4) is 0 Å². The Morgan fingerprint density at radius 1 is 1.67 bits per heavy atom. The molecule has 1 aromatic rings. The Bertz CT molecular complexity index is 454. The summed E-state index contributed by atoms with van der Waals surface area (Å²) in [6.07, 6.45) is 2.18. The highest BCUT2D eigenvalue weighted by molar-refractivity contribution is 7.13. The summed E-state index contributed by atoms with van der Waals surface area (Å²) in [6.45, 7) is 0.603. The Labute approximate surface area is 107 Å². The minimum atomic E-state index is -1.21. The van der Waals surface area contributed by atoms with E-state index >= 15 is 0 Å². The number of carboxylic acid groups (broad SMARTS) is 1. The number of rotatable bonds is 4. The molecular formula is C10H13N3O4S. The van der Waals surface area contributed by atoms with Crippen molar-refractivity contribution < 1.29 is 19.5 Å². The lowest BCUT2D eigenvalue weighted by Gasteiger charge is -2.20. The third-order valence-corrected chi connectivity index (χ3v) is 3.04. The zero-order valence-electron chi connectivity index (χ0n) is 9.54. The molecule has 0 saturated carbocycles. The number of hydrogen-bond acceptors (Lipinski definition) is 7. The zero-order chi connectivity index (χ0) is 13.0. The normalized spacial score (nSPS) is 20.7. The van der Waals surface area contributed by atoms with Crippen molar-refractivity contribution in [1.82, 2.24) is 4.98 Å². The third kappa shape index (κ3) is 3.17. The number of carboxylic acids is 1. The summed E-state index contributed by atoms with van der Waals surface area (Å²) in [5.74, 6) is -1.21. The van der Waals surface area contributed by atoms with E-state index in [0.717, 1.165) is 24.2 Å². The highest BCUT2D eigenvalue weighted by atomic mass is 32.1. The summed E-state index contributed by atoms with van der Waals surface area (Å²) in [6, 6.07) is 0. The number of carbonyl (C=O) groups is 1. The van der Waals surface area contributed by atoms with Crippen molar-refractivity contribution in [3.63, 3.8) is 0 Å². The van der Waals surface area contributed by atoms with E-state index in [0.29, 0.717) is 13.0 Å². The largest absolute Gasteiger partial charge is 0.476 e. The SMILES string of the molecule is Nc1nc(/C(=N/OC2CCCCO2)C(=O)O)cs1. The number of nitrogen functional groups attached to an aromatic ring is 1. The fourth-order valence-electron chi connectivity index (χ4n) is 1.50. The van der Waals surface area contributed by atoms with Gasteiger partial charge in [0, 0.05) is 11.8 Å². The fraction of sp³-hybridized carbons (Fsp3) is 0.500. The van der Waals surface area contributed by atoms with Crippen molar-refractivity contribution >= 4 is 28.1 Å². The van der Waals surface area contributed by atoms with Crippen LogP contribution in [0.1, 0.15) is 25.0 Å². The second-order valence-electron chi connectivity index (χ2n) is 3.72. The minimum absolute atomic E-state index is 0.195. The lowest BCUT2D eigenvalue weighted by molar-refractivity contribution is -0.162. The van der Waals surface area contributed by atoms with Gasteiger partial charge in [-0.25, -0.2) is 9.78 Å². The molecule has 1 fully saturated rings. The van der Waals surface area contributed by atoms with Gasteiger partial charge in [-0.2, -0.15) is 0 Å². The summed E-state index contributed by atoms with van der Waals surface area (Å²) in [7, 11) is 0. The maximum absolute atomic E-state index is 11.1. The lowest BCUT2D eigenvalue weighted by atomic mass is 10.2. The summed E-state index contributed by atoms with van der Waals surface area (Å²) >= 11 is 1.15. The molecule has 0 spiro atoms. The Balaban J connectivity index is 2.07. The highest BCUT2D eigenvalue weighted by Crippen LogP contribution is 2.16. The van der Waals surface area contributed by atoms with Crippen LogP contribution in [0.15, 0.2) is 10.5 Å². The number of ether oxygens (including phenoxy) is 1. The quantitative estimate of drug-likeness (QED) is 0.626. The van der Waals surface area contributed by atoms with Crippen LogP contribution in [0.2, 0.25) is 0 Å². The van der Waals surface area contributed by atoms with Gasteiger partial charge in [-0.1, -0.05) is 5.16 Å². The van der Waals surface area contributed by atoms with E-state index in [9.17, 15) is 4.79 Å². The van der Waals surface area contributed by atoms with E-state index in [4.69, 9.17) is 20.4 Å². The number of oxime groups is 1. The number of aliphatic carboxylic acids is 1. The molecule has 3 N–H and O–H groups in total. The van der Waals surface area contributed by atoms with Gasteiger partial charge in [0.2, 0.25) is 12.0 Å². The number of nitrogens with zero attached hydrogens (tertiary/aromatic N) is 2. The van der Waals surface area contributed by atoms with E-state index in [1.807, 2.05) is 0 Å². The predicted molar refractivity (Wildman–Crippen MR) is 65.4 cm³/mol. The van der Waals surface area contributed by atoms with Crippen molar-refractivity contribution in [2.75, 3.05) is 12.3 Å². The average Bonchev–Trinajstić information content (AvgIpc) is 2.77. The molecule has 18 heavy (non-hydrogen) atoms. The van der Waals surface area contributed by atoms with Crippen LogP contribution < -0.4 is 5.73 Å². The first-order valence-corrected chi connectivity index (χ1v) is 6.35. The number of aromatic nitrogens is 1. The maximum Gasteiger partial charge on any atom is 0.360 e. The Hall–Kier alpha value is -1.67. The standard InChI is InChI=1S/C10H13N3O4S/c11-10-12-6(5-18-10)8(9(14)15)13-17-7-3-1-2-4-16-7/h5,7H,1-4H2,(H2,11,12)(H,14,15)/b13-8-. The summed E-state index contributed by atoms with van der Waals surface area (Å²) < 4.78 is 5.28. The topological polar surface area (TPSA) is 107 Å². The van der Waals surface area contributed by atoms with E-state index < -0.39 is 12.3 Å². The van der Waals surface area contributed by atoms with Crippen molar-refractivity contribution in [3.05, 3.63) is 11.1 Å². The molecule has 98 valence electrons. The molecule has 1 saturated heterocycles. The lowest BCUT2D eigenvalue weighted by Crippen LogP contribution is -2.23. The van der Waals surface area contributed by atoms with Crippen LogP contribution in [0.5, 0.6) is 0 Å². The third-order valence-electron chi connectivity index (χ3n) is 2.37. The molecule has 1 aliphatic rings. The molecule has 1 aromatic heterocycles. The first kappa shape index (κ1) is 12.8. The maximum atomic E-state index is 11.1. The van der Waals surface area contributed by atoms with Gasteiger partial charge in [0.1, 0.15) is 5.69 Å². The minimum Gasteiger partial charge on any atom is -0.476 e. The summed E-state index contributed by atoms with van der Waals surface area (Å²) in [5.41, 5.74) is 5.38. The van der Waals surface area contributed by atoms with Crippen LogP contribution in [0.25, 0.3) is 0 Å².